The Balaban J connectivity index is 1.30. The molecule has 0 aliphatic carbocycles. The molecule has 2 fully saturated rings. The first-order valence-electron chi connectivity index (χ1n) is 11.1. The number of rotatable bonds is 5. The summed E-state index contributed by atoms with van der Waals surface area (Å²) in [6.45, 7) is 1.32. The first-order valence-corrected chi connectivity index (χ1v) is 11.1. The van der Waals surface area contributed by atoms with Gasteiger partial charge in [0, 0.05) is 37.7 Å². The van der Waals surface area contributed by atoms with E-state index in [1.165, 1.54) is 0 Å². The van der Waals surface area contributed by atoms with E-state index in [0.29, 0.717) is 54.4 Å². The lowest BCUT2D eigenvalue weighted by Gasteiger charge is -2.44. The first kappa shape index (κ1) is 21.1. The largest absolute Gasteiger partial charge is 0.378 e. The van der Waals surface area contributed by atoms with Crippen molar-refractivity contribution in [1.29, 1.82) is 0 Å². The molecule has 6 rings (SSSR count). The summed E-state index contributed by atoms with van der Waals surface area (Å²) in [5, 5.41) is 10.4. The van der Waals surface area contributed by atoms with Gasteiger partial charge >= 0.3 is 0 Å². The lowest BCUT2D eigenvalue weighted by molar-refractivity contribution is -0.131. The second kappa shape index (κ2) is 8.06. The highest BCUT2D eigenvalue weighted by atomic mass is 19.3. The van der Waals surface area contributed by atoms with Crippen molar-refractivity contribution in [3.8, 4) is 11.3 Å². The van der Waals surface area contributed by atoms with Gasteiger partial charge in [-0.05, 0) is 24.6 Å². The maximum atomic E-state index is 14.9. The number of anilines is 2. The first-order chi connectivity index (χ1) is 16.5. The van der Waals surface area contributed by atoms with Gasteiger partial charge in [0.25, 0.3) is 5.92 Å². The van der Waals surface area contributed by atoms with Gasteiger partial charge in [-0.2, -0.15) is 4.98 Å². The molecule has 6 heterocycles. The number of hydrogen-bond donors (Lipinski definition) is 2. The highest BCUT2D eigenvalue weighted by Gasteiger charge is 2.47. The molecule has 0 bridgehead atoms. The highest BCUT2D eigenvalue weighted by Crippen LogP contribution is 2.33. The monoisotopic (exact) mass is 467 g/mol. The van der Waals surface area contributed by atoms with Gasteiger partial charge in [-0.25, -0.2) is 23.3 Å². The van der Waals surface area contributed by atoms with Crippen LogP contribution in [0.2, 0.25) is 0 Å². The third kappa shape index (κ3) is 3.59. The van der Waals surface area contributed by atoms with Gasteiger partial charge in [0.2, 0.25) is 5.95 Å². The van der Waals surface area contributed by atoms with Gasteiger partial charge in [-0.15, -0.1) is 5.10 Å². The fourth-order valence-electron chi connectivity index (χ4n) is 4.52. The molecular weight excluding hydrogens is 444 g/mol. The van der Waals surface area contributed by atoms with Gasteiger partial charge in [0.15, 0.2) is 11.5 Å². The zero-order valence-corrected chi connectivity index (χ0v) is 18.4. The second-order valence-corrected chi connectivity index (χ2v) is 8.56. The van der Waals surface area contributed by atoms with Crippen LogP contribution in [0.3, 0.4) is 0 Å². The number of fused-ring (bicyclic) bond motifs is 2. The topological polar surface area (TPSA) is 105 Å². The number of likely N-dealkylation sites (tertiary alicyclic amines) is 1. The Kier molecular flexibility index (Phi) is 4.99. The quantitative estimate of drug-likeness (QED) is 0.457. The minimum Gasteiger partial charge on any atom is -0.378 e. The molecule has 0 unspecified atom stereocenters. The van der Waals surface area contributed by atoms with Crippen molar-refractivity contribution in [1.82, 2.24) is 34.4 Å². The van der Waals surface area contributed by atoms with Crippen LogP contribution in [0.4, 0.5) is 20.5 Å². The summed E-state index contributed by atoms with van der Waals surface area (Å²) >= 11 is 0. The van der Waals surface area contributed by atoms with E-state index in [1.807, 2.05) is 23.1 Å². The van der Waals surface area contributed by atoms with Crippen LogP contribution in [0.1, 0.15) is 6.42 Å². The number of nitrogens with one attached hydrogen (secondary N) is 2. The Bertz CT molecular complexity index is 1360. The summed E-state index contributed by atoms with van der Waals surface area (Å²) in [6.07, 6.45) is 5.27. The van der Waals surface area contributed by atoms with Crippen molar-refractivity contribution < 1.29 is 13.5 Å². The second-order valence-electron chi connectivity index (χ2n) is 8.56. The van der Waals surface area contributed by atoms with Gasteiger partial charge in [-0.3, -0.25) is 9.88 Å². The van der Waals surface area contributed by atoms with E-state index in [2.05, 4.69) is 35.7 Å². The molecule has 4 aromatic heterocycles. The molecule has 176 valence electrons. The zero-order chi connectivity index (χ0) is 23.3. The molecule has 0 spiro atoms. The summed E-state index contributed by atoms with van der Waals surface area (Å²) in [6, 6.07) is 4.62. The maximum Gasteiger partial charge on any atom is 0.280 e. The Morgan fingerprint density at radius 2 is 1.97 bits per heavy atom. The Morgan fingerprint density at radius 3 is 2.74 bits per heavy atom. The third-order valence-electron chi connectivity index (χ3n) is 6.42. The normalized spacial score (nSPS) is 21.0. The van der Waals surface area contributed by atoms with Crippen molar-refractivity contribution in [2.75, 3.05) is 44.0 Å². The van der Waals surface area contributed by atoms with E-state index >= 15 is 0 Å². The summed E-state index contributed by atoms with van der Waals surface area (Å²) in [7, 11) is 1.73. The molecule has 2 N–H and O–H groups in total. The van der Waals surface area contributed by atoms with Crippen LogP contribution in [0.25, 0.3) is 27.9 Å². The van der Waals surface area contributed by atoms with Gasteiger partial charge in [0.1, 0.15) is 11.0 Å². The fraction of sp³-hybridized carbons (Fsp3) is 0.409. The van der Waals surface area contributed by atoms with Gasteiger partial charge in [-0.1, -0.05) is 0 Å². The molecule has 0 aromatic carbocycles. The van der Waals surface area contributed by atoms with E-state index in [0.717, 1.165) is 5.56 Å². The van der Waals surface area contributed by atoms with Crippen molar-refractivity contribution in [2.24, 2.45) is 0 Å². The Labute approximate surface area is 193 Å². The lowest BCUT2D eigenvalue weighted by atomic mass is 9.98. The number of halogens is 2. The predicted octanol–water partition coefficient (Wildman–Crippen LogP) is 2.30. The number of pyridine rings is 1. The Hall–Kier alpha value is -3.51. The molecule has 34 heavy (non-hydrogen) atoms. The molecule has 2 aliphatic heterocycles. The van der Waals surface area contributed by atoms with Crippen LogP contribution in [-0.4, -0.2) is 85.8 Å². The zero-order valence-electron chi connectivity index (χ0n) is 18.4. The number of hydrogen-bond acceptors (Lipinski definition) is 9. The van der Waals surface area contributed by atoms with Crippen LogP contribution in [0, 0.1) is 0 Å². The molecule has 4 aromatic rings. The molecule has 1 atom stereocenters. The standard InChI is InChI=1S/C22H23F2N9O/c1-25-20-18-14(15-2-3-16-19(28-15)27-7-6-26-16)4-9-33(18)31-21(30-20)29-17-5-8-32(12-22(17,23)24)13-10-34-11-13/h2-4,6-7,9,13,17H,5,8,10-12H2,1H3,(H2,25,29,30,31)/t17-/m1/s1. The van der Waals surface area contributed by atoms with Crippen molar-refractivity contribution in [3.63, 3.8) is 0 Å². The lowest BCUT2D eigenvalue weighted by Crippen LogP contribution is -2.61. The molecule has 0 radical (unpaired) electrons. The number of ether oxygens (including phenoxy) is 1. The molecule has 0 saturated carbocycles. The molecule has 12 heteroatoms. The van der Waals surface area contributed by atoms with Gasteiger partial charge in [0.05, 0.1) is 37.5 Å². The SMILES string of the molecule is CNc1nc(N[C@@H]2CCN(C3COC3)CC2(F)F)nn2ccc(-c3ccc4nccnc4n3)c12. The third-order valence-corrected chi connectivity index (χ3v) is 6.42. The van der Waals surface area contributed by atoms with Crippen molar-refractivity contribution >= 4 is 28.4 Å². The summed E-state index contributed by atoms with van der Waals surface area (Å²) in [4.78, 5) is 19.5. The summed E-state index contributed by atoms with van der Waals surface area (Å²) in [5.74, 6) is -2.27. The summed E-state index contributed by atoms with van der Waals surface area (Å²) in [5.41, 5.74) is 3.41. The van der Waals surface area contributed by atoms with Crippen LogP contribution < -0.4 is 10.6 Å². The molecule has 2 aliphatic rings. The smallest absolute Gasteiger partial charge is 0.280 e. The molecular formula is C22H23F2N9O. The van der Waals surface area contributed by atoms with E-state index in [9.17, 15) is 8.78 Å². The minimum atomic E-state index is -2.91. The summed E-state index contributed by atoms with van der Waals surface area (Å²) < 4.78 is 36.6. The van der Waals surface area contributed by atoms with E-state index in [4.69, 9.17) is 4.74 Å². The van der Waals surface area contributed by atoms with Crippen LogP contribution in [-0.2, 0) is 4.74 Å². The van der Waals surface area contributed by atoms with E-state index in [1.54, 1.807) is 30.2 Å². The molecule has 0 amide bonds. The fourth-order valence-corrected chi connectivity index (χ4v) is 4.52. The minimum absolute atomic E-state index is 0.0864. The van der Waals surface area contributed by atoms with Crippen molar-refractivity contribution in [2.45, 2.75) is 24.4 Å². The predicted molar refractivity (Wildman–Crippen MR) is 122 cm³/mol. The van der Waals surface area contributed by atoms with Crippen LogP contribution >= 0.6 is 0 Å². The number of alkyl halides is 2. The van der Waals surface area contributed by atoms with Crippen molar-refractivity contribution in [3.05, 3.63) is 36.8 Å². The maximum absolute atomic E-state index is 14.9. The van der Waals surface area contributed by atoms with Crippen LogP contribution in [0.15, 0.2) is 36.8 Å². The average Bonchev–Trinajstić information content (AvgIpc) is 3.22. The van der Waals surface area contributed by atoms with E-state index in [-0.39, 0.29) is 18.5 Å². The number of piperidine rings is 1. The average molecular weight is 467 g/mol. The highest BCUT2D eigenvalue weighted by molar-refractivity contribution is 5.89. The number of aromatic nitrogens is 6. The van der Waals surface area contributed by atoms with E-state index < -0.39 is 12.0 Å². The molecule has 2 saturated heterocycles. The Morgan fingerprint density at radius 1 is 1.12 bits per heavy atom. The van der Waals surface area contributed by atoms with Crippen LogP contribution in [0.5, 0.6) is 0 Å². The molecule has 10 nitrogen and oxygen atoms in total. The van der Waals surface area contributed by atoms with Gasteiger partial charge < -0.3 is 15.4 Å². The number of nitrogens with zero attached hydrogens (tertiary/aromatic N) is 7.